The van der Waals surface area contributed by atoms with Crippen LogP contribution in [0.5, 0.6) is 11.5 Å². The summed E-state index contributed by atoms with van der Waals surface area (Å²) in [5.41, 5.74) is 13.5. The lowest BCUT2D eigenvalue weighted by Gasteiger charge is -2.27. The predicted octanol–water partition coefficient (Wildman–Crippen LogP) is 2.23. The van der Waals surface area contributed by atoms with Crippen molar-refractivity contribution in [2.45, 2.75) is 13.0 Å². The maximum atomic E-state index is 9.42. The third-order valence-electron chi connectivity index (χ3n) is 4.23. The van der Waals surface area contributed by atoms with E-state index in [2.05, 4.69) is 36.5 Å². The number of benzene rings is 1. The number of nitrogen functional groups attached to an aromatic ring is 2. The van der Waals surface area contributed by atoms with Crippen LogP contribution in [0.1, 0.15) is 29.7 Å². The second kappa shape index (κ2) is 8.12. The average molecular weight is 457 g/mol. The molecule has 2 aromatic rings. The average Bonchev–Trinajstić information content (AvgIpc) is 2.69. The SMILES string of the molecule is CCOc1cc(C2N=C(NC#N)Nc3nc(N)c(C#N)c(N)c32)c(Br)cc1OC. The van der Waals surface area contributed by atoms with Gasteiger partial charge in [-0.05, 0) is 24.6 Å². The highest BCUT2D eigenvalue weighted by molar-refractivity contribution is 9.10. The molecule has 1 aliphatic heterocycles. The highest BCUT2D eigenvalue weighted by Crippen LogP contribution is 2.45. The first kappa shape index (κ1) is 20.0. The number of rotatable bonds is 4. The molecule has 0 aliphatic carbocycles. The van der Waals surface area contributed by atoms with Gasteiger partial charge in [0.05, 0.1) is 19.4 Å². The van der Waals surface area contributed by atoms with E-state index in [1.165, 1.54) is 0 Å². The highest BCUT2D eigenvalue weighted by Gasteiger charge is 2.31. The summed E-state index contributed by atoms with van der Waals surface area (Å²) >= 11 is 3.53. The molecule has 1 unspecified atom stereocenters. The fourth-order valence-corrected chi connectivity index (χ4v) is 3.53. The van der Waals surface area contributed by atoms with E-state index >= 15 is 0 Å². The zero-order valence-corrected chi connectivity index (χ0v) is 17.2. The summed E-state index contributed by atoms with van der Waals surface area (Å²) in [7, 11) is 1.54. The molecule has 29 heavy (non-hydrogen) atoms. The van der Waals surface area contributed by atoms with E-state index in [1.54, 1.807) is 19.2 Å². The largest absolute Gasteiger partial charge is 0.493 e. The number of nitrogens with one attached hydrogen (secondary N) is 2. The lowest BCUT2D eigenvalue weighted by Crippen LogP contribution is -2.32. The van der Waals surface area contributed by atoms with Gasteiger partial charge in [-0.1, -0.05) is 15.9 Å². The van der Waals surface area contributed by atoms with Crippen molar-refractivity contribution in [1.82, 2.24) is 10.3 Å². The van der Waals surface area contributed by atoms with Crippen LogP contribution in [0.15, 0.2) is 21.6 Å². The minimum absolute atomic E-state index is 0.0167. The van der Waals surface area contributed by atoms with Crippen LogP contribution in [0.2, 0.25) is 0 Å². The quantitative estimate of drug-likeness (QED) is 0.397. The van der Waals surface area contributed by atoms with Crippen molar-refractivity contribution in [3.05, 3.63) is 33.3 Å². The van der Waals surface area contributed by atoms with Crippen molar-refractivity contribution < 1.29 is 9.47 Å². The fourth-order valence-electron chi connectivity index (χ4n) is 2.99. The summed E-state index contributed by atoms with van der Waals surface area (Å²) in [5.74, 6) is 1.51. The number of ether oxygens (including phenoxy) is 2. The van der Waals surface area contributed by atoms with Crippen LogP contribution in [-0.2, 0) is 0 Å². The number of guanidine groups is 1. The molecule has 1 aliphatic rings. The lowest BCUT2D eigenvalue weighted by molar-refractivity contribution is 0.310. The summed E-state index contributed by atoms with van der Waals surface area (Å²) in [5, 5.41) is 23.8. The normalized spacial score (nSPS) is 14.5. The van der Waals surface area contributed by atoms with E-state index in [-0.39, 0.29) is 23.0 Å². The Kier molecular flexibility index (Phi) is 5.61. The number of nitriles is 2. The number of nitrogens with zero attached hydrogens (tertiary/aromatic N) is 4. The van der Waals surface area contributed by atoms with Crippen LogP contribution in [0.25, 0.3) is 0 Å². The maximum Gasteiger partial charge on any atom is 0.211 e. The predicted molar refractivity (Wildman–Crippen MR) is 111 cm³/mol. The molecule has 1 aromatic heterocycles. The molecule has 0 saturated heterocycles. The van der Waals surface area contributed by atoms with Crippen LogP contribution in [-0.4, -0.2) is 24.7 Å². The Morgan fingerprint density at radius 2 is 2.07 bits per heavy atom. The van der Waals surface area contributed by atoms with Gasteiger partial charge in [0.15, 0.2) is 17.7 Å². The summed E-state index contributed by atoms with van der Waals surface area (Å²) in [6.07, 6.45) is 1.81. The third-order valence-corrected chi connectivity index (χ3v) is 4.92. The number of anilines is 3. The van der Waals surface area contributed by atoms with E-state index < -0.39 is 6.04 Å². The van der Waals surface area contributed by atoms with Gasteiger partial charge in [-0.3, -0.25) is 5.32 Å². The number of fused-ring (bicyclic) bond motifs is 1. The third kappa shape index (κ3) is 3.56. The Bertz CT molecular complexity index is 1090. The van der Waals surface area contributed by atoms with Gasteiger partial charge in [0.2, 0.25) is 5.96 Å². The summed E-state index contributed by atoms with van der Waals surface area (Å²) in [4.78, 5) is 8.78. The number of aromatic nitrogens is 1. The van der Waals surface area contributed by atoms with Crippen LogP contribution < -0.4 is 31.6 Å². The molecule has 2 heterocycles. The van der Waals surface area contributed by atoms with E-state index in [9.17, 15) is 5.26 Å². The molecule has 0 bridgehead atoms. The van der Waals surface area contributed by atoms with E-state index in [0.717, 1.165) is 0 Å². The number of methoxy groups -OCH3 is 1. The van der Waals surface area contributed by atoms with Crippen LogP contribution in [0.4, 0.5) is 17.3 Å². The fraction of sp³-hybridized carbons (Fsp3) is 0.222. The van der Waals surface area contributed by atoms with Crippen molar-refractivity contribution in [1.29, 1.82) is 10.5 Å². The Morgan fingerprint density at radius 1 is 1.31 bits per heavy atom. The number of pyridine rings is 1. The van der Waals surface area contributed by atoms with Crippen molar-refractivity contribution in [3.63, 3.8) is 0 Å². The molecule has 0 amide bonds. The summed E-state index contributed by atoms with van der Waals surface area (Å²) in [6.45, 7) is 2.29. The van der Waals surface area contributed by atoms with Gasteiger partial charge in [-0.2, -0.15) is 10.5 Å². The lowest BCUT2D eigenvalue weighted by atomic mass is 9.95. The number of nitrogens with two attached hydrogens (primary N) is 2. The van der Waals surface area contributed by atoms with Gasteiger partial charge in [-0.15, -0.1) is 0 Å². The Balaban J connectivity index is 2.28. The molecular weight excluding hydrogens is 440 g/mol. The molecule has 6 N–H and O–H groups in total. The Morgan fingerprint density at radius 3 is 2.69 bits per heavy atom. The maximum absolute atomic E-state index is 9.42. The molecule has 0 radical (unpaired) electrons. The molecule has 3 rings (SSSR count). The van der Waals surface area contributed by atoms with Gasteiger partial charge in [-0.25, -0.2) is 9.98 Å². The summed E-state index contributed by atoms with van der Waals surface area (Å²) < 4.78 is 11.7. The zero-order valence-electron chi connectivity index (χ0n) is 15.6. The Labute approximate surface area is 175 Å². The first-order valence-electron chi connectivity index (χ1n) is 8.44. The minimum atomic E-state index is -0.693. The van der Waals surface area contributed by atoms with Crippen molar-refractivity contribution in [3.8, 4) is 23.8 Å². The van der Waals surface area contributed by atoms with Crippen LogP contribution >= 0.6 is 15.9 Å². The first-order valence-corrected chi connectivity index (χ1v) is 9.23. The monoisotopic (exact) mass is 456 g/mol. The van der Waals surface area contributed by atoms with Crippen LogP contribution in [0.3, 0.4) is 0 Å². The molecule has 0 spiro atoms. The molecule has 1 atom stereocenters. The Hall–Kier alpha value is -3.70. The molecule has 148 valence electrons. The van der Waals surface area contributed by atoms with E-state index in [4.69, 9.17) is 26.2 Å². The molecule has 1 aromatic carbocycles. The van der Waals surface area contributed by atoms with Gasteiger partial charge in [0, 0.05) is 10.0 Å². The number of aliphatic imine (C=N–C) groups is 1. The van der Waals surface area contributed by atoms with Gasteiger partial charge >= 0.3 is 0 Å². The van der Waals surface area contributed by atoms with Gasteiger partial charge in [0.25, 0.3) is 0 Å². The smallest absolute Gasteiger partial charge is 0.211 e. The molecule has 10 nitrogen and oxygen atoms in total. The van der Waals surface area contributed by atoms with Gasteiger partial charge in [0.1, 0.15) is 29.3 Å². The molecule has 0 saturated carbocycles. The second-order valence-electron chi connectivity index (χ2n) is 5.86. The highest BCUT2D eigenvalue weighted by atomic mass is 79.9. The van der Waals surface area contributed by atoms with Gasteiger partial charge < -0.3 is 26.3 Å². The number of halogens is 1. The molecule has 11 heteroatoms. The number of hydrogen-bond acceptors (Lipinski definition) is 10. The standard InChI is InChI=1S/C18H17BrN8O2/c1-3-29-12-4-8(10(19)5-11(12)28-2)15-13-14(22)9(6-20)16(23)26-17(13)27-18(25-15)24-7-21/h4-5,15H,3H2,1-2H3,(H6,22,23,24,25,26,27). The molecule has 0 fully saturated rings. The zero-order chi connectivity index (χ0) is 21.1. The van der Waals surface area contributed by atoms with E-state index in [1.807, 2.05) is 19.2 Å². The van der Waals surface area contributed by atoms with E-state index in [0.29, 0.717) is 39.5 Å². The summed E-state index contributed by atoms with van der Waals surface area (Å²) in [6, 6.07) is 4.80. The molecular formula is C18H17BrN8O2. The minimum Gasteiger partial charge on any atom is -0.493 e. The van der Waals surface area contributed by atoms with Crippen molar-refractivity contribution >= 4 is 39.2 Å². The van der Waals surface area contributed by atoms with Crippen molar-refractivity contribution in [2.75, 3.05) is 30.5 Å². The first-order chi connectivity index (χ1) is 13.9. The topological polar surface area (TPSA) is 167 Å². The van der Waals surface area contributed by atoms with Crippen molar-refractivity contribution in [2.24, 2.45) is 4.99 Å². The second-order valence-corrected chi connectivity index (χ2v) is 6.71. The van der Waals surface area contributed by atoms with Crippen LogP contribution in [0, 0.1) is 22.8 Å². The number of hydrogen-bond donors (Lipinski definition) is 4.